The van der Waals surface area contributed by atoms with Crippen molar-refractivity contribution in [2.24, 2.45) is 0 Å². The fraction of sp³-hybridized carbons (Fsp3) is 0.583. The minimum Gasteiger partial charge on any atom is -0.363 e. The molecule has 6 nitrogen and oxygen atoms in total. The summed E-state index contributed by atoms with van der Waals surface area (Å²) >= 11 is 0. The lowest BCUT2D eigenvalue weighted by Crippen LogP contribution is -2.29. The molecule has 1 aliphatic heterocycles. The number of aromatic nitrogens is 5. The van der Waals surface area contributed by atoms with E-state index in [1.165, 1.54) is 23.5 Å². The van der Waals surface area contributed by atoms with Gasteiger partial charge in [-0.3, -0.25) is 5.10 Å². The fourth-order valence-electron chi connectivity index (χ4n) is 2.54. The molecule has 0 aliphatic carbocycles. The number of nitrogens with zero attached hydrogens (tertiary/aromatic N) is 5. The van der Waals surface area contributed by atoms with Gasteiger partial charge in [0.2, 0.25) is 0 Å². The maximum Gasteiger partial charge on any atom is 0.0846 e. The number of aryl methyl sites for hydroxylation is 3. The van der Waals surface area contributed by atoms with E-state index in [9.17, 15) is 0 Å². The third-order valence-electron chi connectivity index (χ3n) is 3.56. The van der Waals surface area contributed by atoms with Crippen LogP contribution in [0, 0.1) is 6.92 Å². The quantitative estimate of drug-likeness (QED) is 0.886. The summed E-state index contributed by atoms with van der Waals surface area (Å²) < 4.78 is 1.98. The second-order valence-corrected chi connectivity index (χ2v) is 4.70. The van der Waals surface area contributed by atoms with Crippen LogP contribution in [0.3, 0.4) is 0 Å². The van der Waals surface area contributed by atoms with Gasteiger partial charge < -0.3 is 4.90 Å². The molecule has 1 aliphatic rings. The molecule has 2 aromatic rings. The largest absolute Gasteiger partial charge is 0.363 e. The third kappa shape index (κ3) is 1.77. The summed E-state index contributed by atoms with van der Waals surface area (Å²) in [6, 6.07) is 0. The molecule has 1 N–H and O–H groups in total. The summed E-state index contributed by atoms with van der Waals surface area (Å²) in [5.74, 6) is 0. The maximum absolute atomic E-state index is 4.16. The molecule has 18 heavy (non-hydrogen) atoms. The van der Waals surface area contributed by atoms with Crippen LogP contribution in [0.15, 0.2) is 6.20 Å². The monoisotopic (exact) mass is 246 g/mol. The summed E-state index contributed by atoms with van der Waals surface area (Å²) in [5, 5.41) is 15.5. The van der Waals surface area contributed by atoms with Crippen molar-refractivity contribution >= 4 is 5.69 Å². The zero-order chi connectivity index (χ0) is 12.5. The number of rotatable bonds is 3. The molecule has 0 aromatic carbocycles. The SMILES string of the molecule is CCn1nnc(C)c1CN1CCCc2[nH]ncc21. The molecule has 0 unspecified atom stereocenters. The van der Waals surface area contributed by atoms with Gasteiger partial charge >= 0.3 is 0 Å². The number of hydrogen-bond donors (Lipinski definition) is 1. The highest BCUT2D eigenvalue weighted by atomic mass is 15.4. The highest BCUT2D eigenvalue weighted by molar-refractivity contribution is 5.51. The fourth-order valence-corrected chi connectivity index (χ4v) is 2.54. The van der Waals surface area contributed by atoms with Gasteiger partial charge in [-0.15, -0.1) is 5.10 Å². The summed E-state index contributed by atoms with van der Waals surface area (Å²) in [6.07, 6.45) is 4.18. The van der Waals surface area contributed by atoms with Crippen LogP contribution in [-0.4, -0.2) is 31.7 Å². The molecule has 6 heteroatoms. The number of nitrogens with one attached hydrogen (secondary N) is 1. The zero-order valence-electron chi connectivity index (χ0n) is 10.8. The van der Waals surface area contributed by atoms with Gasteiger partial charge in [0.05, 0.1) is 35.5 Å². The van der Waals surface area contributed by atoms with Crippen molar-refractivity contribution in [2.75, 3.05) is 11.4 Å². The molecule has 96 valence electrons. The molecule has 3 heterocycles. The molecule has 0 bridgehead atoms. The molecular formula is C12H18N6. The molecule has 0 spiro atoms. The number of fused-ring (bicyclic) bond motifs is 1. The van der Waals surface area contributed by atoms with E-state index in [1.807, 2.05) is 17.8 Å². The number of H-pyrrole nitrogens is 1. The first-order chi connectivity index (χ1) is 8.79. The van der Waals surface area contributed by atoms with Crippen LogP contribution in [0.25, 0.3) is 0 Å². The van der Waals surface area contributed by atoms with E-state index >= 15 is 0 Å². The first-order valence-electron chi connectivity index (χ1n) is 6.45. The van der Waals surface area contributed by atoms with E-state index in [-0.39, 0.29) is 0 Å². The van der Waals surface area contributed by atoms with Gasteiger partial charge in [-0.2, -0.15) is 5.10 Å². The normalized spacial score (nSPS) is 14.9. The van der Waals surface area contributed by atoms with Crippen LogP contribution < -0.4 is 4.90 Å². The van der Waals surface area contributed by atoms with Crippen molar-refractivity contribution in [3.8, 4) is 0 Å². The van der Waals surface area contributed by atoms with E-state index in [0.717, 1.165) is 31.7 Å². The van der Waals surface area contributed by atoms with Crippen molar-refractivity contribution < 1.29 is 0 Å². The minimum absolute atomic E-state index is 0.860. The van der Waals surface area contributed by atoms with Gasteiger partial charge in [0.1, 0.15) is 0 Å². The van der Waals surface area contributed by atoms with Crippen molar-refractivity contribution in [2.45, 2.75) is 39.8 Å². The zero-order valence-corrected chi connectivity index (χ0v) is 10.8. The van der Waals surface area contributed by atoms with E-state index in [2.05, 4.69) is 32.3 Å². The molecule has 0 fully saturated rings. The Kier molecular flexibility index (Phi) is 2.77. The van der Waals surface area contributed by atoms with Crippen LogP contribution in [-0.2, 0) is 19.5 Å². The summed E-state index contributed by atoms with van der Waals surface area (Å²) in [6.45, 7) is 6.91. The van der Waals surface area contributed by atoms with Gasteiger partial charge in [-0.1, -0.05) is 5.21 Å². The average molecular weight is 246 g/mol. The number of aromatic amines is 1. The van der Waals surface area contributed by atoms with Crippen LogP contribution in [0.1, 0.15) is 30.4 Å². The van der Waals surface area contributed by atoms with E-state index < -0.39 is 0 Å². The molecule has 0 saturated heterocycles. The molecule has 0 radical (unpaired) electrons. The van der Waals surface area contributed by atoms with E-state index in [1.54, 1.807) is 0 Å². The molecular weight excluding hydrogens is 228 g/mol. The molecule has 0 saturated carbocycles. The predicted molar refractivity (Wildman–Crippen MR) is 68.4 cm³/mol. The predicted octanol–water partition coefficient (Wildman–Crippen LogP) is 1.28. The second kappa shape index (κ2) is 4.44. The Morgan fingerprint density at radius 1 is 1.44 bits per heavy atom. The summed E-state index contributed by atoms with van der Waals surface area (Å²) in [5.41, 5.74) is 4.69. The van der Waals surface area contributed by atoms with Gasteiger partial charge in [-0.05, 0) is 26.7 Å². The van der Waals surface area contributed by atoms with Gasteiger partial charge in [0, 0.05) is 13.1 Å². The van der Waals surface area contributed by atoms with Gasteiger partial charge in [-0.25, -0.2) is 4.68 Å². The van der Waals surface area contributed by atoms with Crippen LogP contribution in [0.2, 0.25) is 0 Å². The van der Waals surface area contributed by atoms with Crippen molar-refractivity contribution in [1.82, 2.24) is 25.2 Å². The van der Waals surface area contributed by atoms with Gasteiger partial charge in [0.15, 0.2) is 0 Å². The van der Waals surface area contributed by atoms with E-state index in [0.29, 0.717) is 0 Å². The summed E-state index contributed by atoms with van der Waals surface area (Å²) in [4.78, 5) is 2.36. The second-order valence-electron chi connectivity index (χ2n) is 4.70. The van der Waals surface area contributed by atoms with Crippen LogP contribution in [0.5, 0.6) is 0 Å². The van der Waals surface area contributed by atoms with Crippen molar-refractivity contribution in [3.63, 3.8) is 0 Å². The Morgan fingerprint density at radius 3 is 3.17 bits per heavy atom. The smallest absolute Gasteiger partial charge is 0.0846 e. The molecule has 0 atom stereocenters. The number of anilines is 1. The Labute approximate surface area is 106 Å². The first kappa shape index (κ1) is 11.3. The maximum atomic E-state index is 4.16. The molecule has 2 aromatic heterocycles. The third-order valence-corrected chi connectivity index (χ3v) is 3.56. The molecule has 3 rings (SSSR count). The van der Waals surface area contributed by atoms with E-state index in [4.69, 9.17) is 0 Å². The lowest BCUT2D eigenvalue weighted by Gasteiger charge is -2.28. The van der Waals surface area contributed by atoms with Gasteiger partial charge in [0.25, 0.3) is 0 Å². The Morgan fingerprint density at radius 2 is 2.33 bits per heavy atom. The minimum atomic E-state index is 0.860. The highest BCUT2D eigenvalue weighted by Crippen LogP contribution is 2.26. The Bertz CT molecular complexity index is 541. The number of hydrogen-bond acceptors (Lipinski definition) is 4. The standard InChI is InChI=1S/C12H18N6/c1-3-18-12(9(2)14-16-18)8-17-6-4-5-10-11(17)7-13-15-10/h7H,3-6,8H2,1-2H3,(H,13,15). The first-order valence-corrected chi connectivity index (χ1v) is 6.45. The average Bonchev–Trinajstić information content (AvgIpc) is 2.98. The Balaban J connectivity index is 1.88. The lowest BCUT2D eigenvalue weighted by molar-refractivity contribution is 0.580. The molecule has 0 amide bonds. The summed E-state index contributed by atoms with van der Waals surface area (Å²) in [7, 11) is 0. The van der Waals surface area contributed by atoms with Crippen LogP contribution in [0.4, 0.5) is 5.69 Å². The highest BCUT2D eigenvalue weighted by Gasteiger charge is 2.21. The lowest BCUT2D eigenvalue weighted by atomic mass is 10.1. The Hall–Kier alpha value is -1.85. The van der Waals surface area contributed by atoms with Crippen molar-refractivity contribution in [1.29, 1.82) is 0 Å². The topological polar surface area (TPSA) is 62.6 Å². The van der Waals surface area contributed by atoms with Crippen LogP contribution >= 0.6 is 0 Å². The van der Waals surface area contributed by atoms with Crippen molar-refractivity contribution in [3.05, 3.63) is 23.3 Å².